The molecule has 1 aromatic carbocycles. The maximum atomic E-state index is 12.0. The molecule has 0 aliphatic heterocycles. The summed E-state index contributed by atoms with van der Waals surface area (Å²) in [5, 5.41) is 4.13. The number of ether oxygens (including phenoxy) is 2. The van der Waals surface area contributed by atoms with Gasteiger partial charge in [0.05, 0.1) is 5.56 Å². The minimum absolute atomic E-state index is 0.123. The lowest BCUT2D eigenvalue weighted by Crippen LogP contribution is -2.05. The Kier molecular flexibility index (Phi) is 5.25. The first kappa shape index (κ1) is 16.9. The van der Waals surface area contributed by atoms with Gasteiger partial charge in [-0.25, -0.2) is 9.78 Å². The van der Waals surface area contributed by atoms with Gasteiger partial charge in [-0.1, -0.05) is 22.8 Å². The van der Waals surface area contributed by atoms with Crippen molar-refractivity contribution >= 4 is 17.6 Å². The quantitative estimate of drug-likeness (QED) is 0.492. The molecule has 2 aromatic heterocycles. The van der Waals surface area contributed by atoms with Gasteiger partial charge in [-0.05, 0) is 30.3 Å². The highest BCUT2D eigenvalue weighted by Crippen LogP contribution is 2.15. The standard InChI is InChI=1S/C17H14ClN3O4/c1-11-20-16(21-25-11)10-23-14-5-3-13(4-6-14)17(22)24-9-12-2-7-15(18)19-8-12/h2-8H,9-10H2,1H3. The van der Waals surface area contributed by atoms with E-state index in [1.54, 1.807) is 49.5 Å². The van der Waals surface area contributed by atoms with Crippen LogP contribution in [0.1, 0.15) is 27.6 Å². The van der Waals surface area contributed by atoms with Crippen molar-refractivity contribution in [3.05, 3.63) is 70.6 Å². The zero-order valence-corrected chi connectivity index (χ0v) is 14.1. The fourth-order valence-electron chi connectivity index (χ4n) is 1.96. The summed E-state index contributed by atoms with van der Waals surface area (Å²) in [6, 6.07) is 9.99. The fraction of sp³-hybridized carbons (Fsp3) is 0.176. The molecule has 0 fully saturated rings. The number of carbonyl (C=O) groups is 1. The Bertz CT molecular complexity index is 847. The first-order valence-electron chi connectivity index (χ1n) is 7.40. The first-order valence-corrected chi connectivity index (χ1v) is 7.77. The molecule has 0 unspecified atom stereocenters. The molecule has 8 heteroatoms. The highest BCUT2D eigenvalue weighted by molar-refractivity contribution is 6.29. The van der Waals surface area contributed by atoms with E-state index >= 15 is 0 Å². The summed E-state index contributed by atoms with van der Waals surface area (Å²) in [5.74, 6) is 1.08. The molecule has 128 valence electrons. The summed E-state index contributed by atoms with van der Waals surface area (Å²) in [5.41, 5.74) is 1.18. The monoisotopic (exact) mass is 359 g/mol. The molecule has 0 aliphatic carbocycles. The molecule has 0 bridgehead atoms. The normalized spacial score (nSPS) is 10.5. The topological polar surface area (TPSA) is 87.3 Å². The Morgan fingerprint density at radius 2 is 1.96 bits per heavy atom. The average molecular weight is 360 g/mol. The Labute approximate surface area is 148 Å². The molecule has 0 aliphatic rings. The van der Waals surface area contributed by atoms with Crippen molar-refractivity contribution in [3.8, 4) is 5.75 Å². The van der Waals surface area contributed by atoms with Crippen molar-refractivity contribution in [3.63, 3.8) is 0 Å². The van der Waals surface area contributed by atoms with Gasteiger partial charge < -0.3 is 14.0 Å². The highest BCUT2D eigenvalue weighted by Gasteiger charge is 2.09. The third-order valence-electron chi connectivity index (χ3n) is 3.19. The van der Waals surface area contributed by atoms with Crippen LogP contribution in [0.5, 0.6) is 5.75 Å². The number of hydrogen-bond acceptors (Lipinski definition) is 7. The lowest BCUT2D eigenvalue weighted by Gasteiger charge is -2.06. The summed E-state index contributed by atoms with van der Waals surface area (Å²) in [6.45, 7) is 2.01. The second kappa shape index (κ2) is 7.76. The molecule has 0 spiro atoms. The second-order valence-corrected chi connectivity index (χ2v) is 5.50. The number of esters is 1. The first-order chi connectivity index (χ1) is 12.1. The predicted octanol–water partition coefficient (Wildman–Crippen LogP) is 3.36. The van der Waals surface area contributed by atoms with Gasteiger partial charge in [0.25, 0.3) is 0 Å². The zero-order chi connectivity index (χ0) is 17.6. The van der Waals surface area contributed by atoms with Crippen molar-refractivity contribution in [1.29, 1.82) is 0 Å². The van der Waals surface area contributed by atoms with E-state index in [9.17, 15) is 4.79 Å². The minimum Gasteiger partial charge on any atom is -0.485 e. The summed E-state index contributed by atoms with van der Waals surface area (Å²) in [6.07, 6.45) is 1.56. The minimum atomic E-state index is -0.435. The lowest BCUT2D eigenvalue weighted by atomic mass is 10.2. The van der Waals surface area contributed by atoms with Gasteiger partial charge in [0.15, 0.2) is 6.61 Å². The van der Waals surface area contributed by atoms with Crippen LogP contribution in [-0.4, -0.2) is 21.1 Å². The highest BCUT2D eigenvalue weighted by atomic mass is 35.5. The molecular formula is C17H14ClN3O4. The maximum Gasteiger partial charge on any atom is 0.338 e. The summed E-state index contributed by atoms with van der Waals surface area (Å²) >= 11 is 5.71. The number of pyridine rings is 1. The average Bonchev–Trinajstić information content (AvgIpc) is 3.05. The SMILES string of the molecule is Cc1nc(COc2ccc(C(=O)OCc3ccc(Cl)nc3)cc2)no1. The van der Waals surface area contributed by atoms with Gasteiger partial charge in [0.2, 0.25) is 11.7 Å². The summed E-state index contributed by atoms with van der Waals surface area (Å²) < 4.78 is 15.6. The van der Waals surface area contributed by atoms with Gasteiger partial charge in [-0.3, -0.25) is 0 Å². The molecule has 7 nitrogen and oxygen atoms in total. The predicted molar refractivity (Wildman–Crippen MR) is 88.2 cm³/mol. The van der Waals surface area contributed by atoms with Crippen LogP contribution in [0.2, 0.25) is 5.15 Å². The van der Waals surface area contributed by atoms with E-state index in [4.69, 9.17) is 25.6 Å². The number of benzene rings is 1. The third-order valence-corrected chi connectivity index (χ3v) is 3.41. The Morgan fingerprint density at radius 1 is 1.16 bits per heavy atom. The fourth-order valence-corrected chi connectivity index (χ4v) is 2.07. The number of aryl methyl sites for hydroxylation is 1. The van der Waals surface area contributed by atoms with Crippen molar-refractivity contribution < 1.29 is 18.8 Å². The molecule has 0 N–H and O–H groups in total. The van der Waals surface area contributed by atoms with Gasteiger partial charge in [-0.15, -0.1) is 0 Å². The van der Waals surface area contributed by atoms with Crippen LogP contribution in [0.15, 0.2) is 47.1 Å². The van der Waals surface area contributed by atoms with E-state index in [1.807, 2.05) is 0 Å². The van der Waals surface area contributed by atoms with Gasteiger partial charge in [-0.2, -0.15) is 4.98 Å². The van der Waals surface area contributed by atoms with Crippen LogP contribution in [0, 0.1) is 6.92 Å². The van der Waals surface area contributed by atoms with Gasteiger partial charge in [0.1, 0.15) is 17.5 Å². The second-order valence-electron chi connectivity index (χ2n) is 5.11. The van der Waals surface area contributed by atoms with E-state index in [1.165, 1.54) is 0 Å². The lowest BCUT2D eigenvalue weighted by molar-refractivity contribution is 0.0472. The van der Waals surface area contributed by atoms with Crippen molar-refractivity contribution in [2.24, 2.45) is 0 Å². The van der Waals surface area contributed by atoms with Crippen molar-refractivity contribution in [2.75, 3.05) is 0 Å². The molecule has 25 heavy (non-hydrogen) atoms. The van der Waals surface area contributed by atoms with Crippen LogP contribution in [0.25, 0.3) is 0 Å². The molecule has 0 amide bonds. The molecule has 3 aromatic rings. The molecule has 0 radical (unpaired) electrons. The van der Waals surface area contributed by atoms with E-state index in [-0.39, 0.29) is 13.2 Å². The number of rotatable bonds is 6. The maximum absolute atomic E-state index is 12.0. The summed E-state index contributed by atoms with van der Waals surface area (Å²) in [7, 11) is 0. The van der Waals surface area contributed by atoms with Gasteiger partial charge >= 0.3 is 5.97 Å². The number of hydrogen-bond donors (Lipinski definition) is 0. The molecule has 0 saturated carbocycles. The van der Waals surface area contributed by atoms with Crippen molar-refractivity contribution in [2.45, 2.75) is 20.1 Å². The molecule has 2 heterocycles. The number of carbonyl (C=O) groups excluding carboxylic acids is 1. The van der Waals surface area contributed by atoms with Crippen LogP contribution >= 0.6 is 11.6 Å². The molecular weight excluding hydrogens is 346 g/mol. The Morgan fingerprint density at radius 3 is 2.60 bits per heavy atom. The Hall–Kier alpha value is -2.93. The van der Waals surface area contributed by atoms with E-state index in [0.29, 0.717) is 28.2 Å². The van der Waals surface area contributed by atoms with Crippen LogP contribution in [-0.2, 0) is 18.0 Å². The molecule has 3 rings (SSSR count). The molecule has 0 saturated heterocycles. The van der Waals surface area contributed by atoms with E-state index in [0.717, 1.165) is 5.56 Å². The van der Waals surface area contributed by atoms with Crippen LogP contribution < -0.4 is 4.74 Å². The largest absolute Gasteiger partial charge is 0.485 e. The van der Waals surface area contributed by atoms with Crippen molar-refractivity contribution in [1.82, 2.24) is 15.1 Å². The summed E-state index contributed by atoms with van der Waals surface area (Å²) in [4.78, 5) is 20.0. The van der Waals surface area contributed by atoms with E-state index < -0.39 is 5.97 Å². The van der Waals surface area contributed by atoms with Crippen LogP contribution in [0.4, 0.5) is 0 Å². The number of nitrogens with zero attached hydrogens (tertiary/aromatic N) is 3. The van der Waals surface area contributed by atoms with Gasteiger partial charge in [0, 0.05) is 18.7 Å². The Balaban J connectivity index is 1.52. The smallest absolute Gasteiger partial charge is 0.338 e. The van der Waals surface area contributed by atoms with Crippen LogP contribution in [0.3, 0.4) is 0 Å². The number of halogens is 1. The molecule has 0 atom stereocenters. The van der Waals surface area contributed by atoms with E-state index in [2.05, 4.69) is 15.1 Å². The zero-order valence-electron chi connectivity index (χ0n) is 13.3. The third kappa shape index (κ3) is 4.77. The number of aromatic nitrogens is 3.